The lowest BCUT2D eigenvalue weighted by atomic mass is 9.93. The molecular weight excluding hydrogens is 224 g/mol. The van der Waals surface area contributed by atoms with Crippen LogP contribution in [0.1, 0.15) is 46.0 Å². The van der Waals surface area contributed by atoms with Crippen LogP contribution in [-0.2, 0) is 0 Å². The quantitative estimate of drug-likeness (QED) is 0.592. The molecule has 2 rings (SSSR count). The number of likely N-dealkylation sites (tertiary alicyclic amines) is 1. The molecule has 1 aliphatic heterocycles. The van der Waals surface area contributed by atoms with Gasteiger partial charge in [0.25, 0.3) is 0 Å². The van der Waals surface area contributed by atoms with E-state index < -0.39 is 0 Å². The first-order chi connectivity index (χ1) is 8.69. The zero-order chi connectivity index (χ0) is 13.0. The number of rotatable bonds is 3. The maximum Gasteiger partial charge on any atom is 0.191 e. The van der Waals surface area contributed by atoms with Crippen LogP contribution >= 0.6 is 0 Å². The number of hydrogen-bond acceptors (Lipinski definition) is 2. The second-order valence-electron chi connectivity index (χ2n) is 5.89. The number of nitrogens with zero attached hydrogens (tertiary/aromatic N) is 2. The van der Waals surface area contributed by atoms with Gasteiger partial charge in [-0.1, -0.05) is 0 Å². The molecule has 2 fully saturated rings. The van der Waals surface area contributed by atoms with Crippen molar-refractivity contribution in [2.24, 2.45) is 4.99 Å². The summed E-state index contributed by atoms with van der Waals surface area (Å²) in [7, 11) is 1.87. The van der Waals surface area contributed by atoms with Gasteiger partial charge in [0, 0.05) is 38.3 Å². The molecule has 0 atom stereocenters. The van der Waals surface area contributed by atoms with Crippen molar-refractivity contribution in [2.45, 2.75) is 64.1 Å². The lowest BCUT2D eigenvalue weighted by molar-refractivity contribution is 0.167. The topological polar surface area (TPSA) is 39.7 Å². The molecule has 104 valence electrons. The first kappa shape index (κ1) is 13.7. The van der Waals surface area contributed by atoms with Gasteiger partial charge in [-0.25, -0.2) is 0 Å². The molecule has 0 radical (unpaired) electrons. The van der Waals surface area contributed by atoms with Gasteiger partial charge in [0.15, 0.2) is 5.96 Å². The number of guanidine groups is 1. The first-order valence-corrected chi connectivity index (χ1v) is 7.43. The fourth-order valence-electron chi connectivity index (χ4n) is 2.67. The zero-order valence-corrected chi connectivity index (χ0v) is 12.1. The Hall–Kier alpha value is -0.770. The molecule has 0 aromatic carbocycles. The summed E-state index contributed by atoms with van der Waals surface area (Å²) in [6.07, 6.45) is 6.41. The van der Waals surface area contributed by atoms with Gasteiger partial charge in [-0.15, -0.1) is 0 Å². The van der Waals surface area contributed by atoms with Crippen LogP contribution in [0, 0.1) is 0 Å². The molecule has 0 unspecified atom stereocenters. The van der Waals surface area contributed by atoms with Crippen LogP contribution < -0.4 is 10.6 Å². The van der Waals surface area contributed by atoms with Crippen LogP contribution in [-0.4, -0.2) is 49.1 Å². The number of hydrogen-bond donors (Lipinski definition) is 2. The van der Waals surface area contributed by atoms with Gasteiger partial charge in [0.2, 0.25) is 0 Å². The molecule has 2 aliphatic rings. The molecule has 0 aromatic rings. The zero-order valence-electron chi connectivity index (χ0n) is 12.1. The molecule has 0 aromatic heterocycles. The van der Waals surface area contributed by atoms with E-state index in [0.717, 1.165) is 5.96 Å². The van der Waals surface area contributed by atoms with E-state index >= 15 is 0 Å². The summed E-state index contributed by atoms with van der Waals surface area (Å²) in [5.41, 5.74) is 0. The third-order valence-electron chi connectivity index (χ3n) is 4.27. The summed E-state index contributed by atoms with van der Waals surface area (Å²) < 4.78 is 0. The van der Waals surface area contributed by atoms with Crippen molar-refractivity contribution >= 4 is 5.96 Å². The average molecular weight is 252 g/mol. The van der Waals surface area contributed by atoms with Crippen molar-refractivity contribution in [2.75, 3.05) is 20.1 Å². The van der Waals surface area contributed by atoms with Crippen molar-refractivity contribution in [3.63, 3.8) is 0 Å². The Labute approximate surface area is 111 Å². The number of piperidine rings is 1. The molecule has 2 N–H and O–H groups in total. The third-order valence-corrected chi connectivity index (χ3v) is 4.27. The molecular formula is C14H28N4. The highest BCUT2D eigenvalue weighted by Crippen LogP contribution is 2.18. The van der Waals surface area contributed by atoms with E-state index in [1.165, 1.54) is 45.2 Å². The molecule has 1 saturated carbocycles. The van der Waals surface area contributed by atoms with Gasteiger partial charge < -0.3 is 15.5 Å². The molecule has 0 spiro atoms. The largest absolute Gasteiger partial charge is 0.354 e. The fourth-order valence-corrected chi connectivity index (χ4v) is 2.67. The van der Waals surface area contributed by atoms with Crippen molar-refractivity contribution in [1.29, 1.82) is 0 Å². The van der Waals surface area contributed by atoms with E-state index in [0.29, 0.717) is 18.1 Å². The standard InChI is InChI=1S/C14H28N4/c1-11(2)18-9-7-13(8-10-18)17-14(15-3)16-12-5-4-6-12/h11-13H,4-10H2,1-3H3,(H2,15,16,17). The van der Waals surface area contributed by atoms with E-state index in [2.05, 4.69) is 34.4 Å². The predicted molar refractivity (Wildman–Crippen MR) is 77.0 cm³/mol. The lowest BCUT2D eigenvalue weighted by Crippen LogP contribution is -2.52. The molecule has 1 aliphatic carbocycles. The van der Waals surface area contributed by atoms with Crippen LogP contribution in [0.25, 0.3) is 0 Å². The molecule has 1 heterocycles. The summed E-state index contributed by atoms with van der Waals surface area (Å²) in [5, 5.41) is 7.09. The van der Waals surface area contributed by atoms with Crippen LogP contribution in [0.15, 0.2) is 4.99 Å². The second-order valence-corrected chi connectivity index (χ2v) is 5.89. The Morgan fingerprint density at radius 1 is 1.06 bits per heavy atom. The Balaban J connectivity index is 1.72. The monoisotopic (exact) mass is 252 g/mol. The maximum absolute atomic E-state index is 4.34. The highest BCUT2D eigenvalue weighted by molar-refractivity contribution is 5.80. The molecule has 18 heavy (non-hydrogen) atoms. The second kappa shape index (κ2) is 6.41. The van der Waals surface area contributed by atoms with E-state index in [9.17, 15) is 0 Å². The first-order valence-electron chi connectivity index (χ1n) is 7.43. The Morgan fingerprint density at radius 3 is 2.00 bits per heavy atom. The van der Waals surface area contributed by atoms with Gasteiger partial charge in [0.05, 0.1) is 0 Å². The minimum Gasteiger partial charge on any atom is -0.354 e. The highest BCUT2D eigenvalue weighted by Gasteiger charge is 2.23. The summed E-state index contributed by atoms with van der Waals surface area (Å²) in [6, 6.07) is 1.93. The van der Waals surface area contributed by atoms with Crippen molar-refractivity contribution in [3.8, 4) is 0 Å². The minimum atomic E-state index is 0.589. The number of aliphatic imine (C=N–C) groups is 1. The van der Waals surface area contributed by atoms with E-state index in [1.54, 1.807) is 0 Å². The van der Waals surface area contributed by atoms with E-state index in [4.69, 9.17) is 0 Å². The smallest absolute Gasteiger partial charge is 0.191 e. The van der Waals surface area contributed by atoms with Gasteiger partial charge in [-0.05, 0) is 46.0 Å². The van der Waals surface area contributed by atoms with Crippen LogP contribution in [0.2, 0.25) is 0 Å². The fraction of sp³-hybridized carbons (Fsp3) is 0.929. The van der Waals surface area contributed by atoms with Gasteiger partial charge in [0.1, 0.15) is 0 Å². The van der Waals surface area contributed by atoms with Gasteiger partial charge >= 0.3 is 0 Å². The summed E-state index contributed by atoms with van der Waals surface area (Å²) >= 11 is 0. The summed E-state index contributed by atoms with van der Waals surface area (Å²) in [4.78, 5) is 6.89. The van der Waals surface area contributed by atoms with Crippen molar-refractivity contribution in [3.05, 3.63) is 0 Å². The Morgan fingerprint density at radius 2 is 1.61 bits per heavy atom. The normalized spacial score (nSPS) is 24.1. The van der Waals surface area contributed by atoms with E-state index in [1.807, 2.05) is 7.05 Å². The van der Waals surface area contributed by atoms with Crippen LogP contribution in [0.4, 0.5) is 0 Å². The summed E-state index contributed by atoms with van der Waals surface area (Å²) in [5.74, 6) is 1.00. The molecule has 4 heteroatoms. The van der Waals surface area contributed by atoms with Crippen LogP contribution in [0.3, 0.4) is 0 Å². The Bertz CT molecular complexity index is 276. The predicted octanol–water partition coefficient (Wildman–Crippen LogP) is 1.58. The third kappa shape index (κ3) is 3.61. The van der Waals surface area contributed by atoms with Crippen molar-refractivity contribution < 1.29 is 0 Å². The maximum atomic E-state index is 4.34. The molecule has 1 saturated heterocycles. The average Bonchev–Trinajstić information content (AvgIpc) is 2.32. The lowest BCUT2D eigenvalue weighted by Gasteiger charge is -2.36. The number of nitrogens with one attached hydrogen (secondary N) is 2. The Kier molecular flexibility index (Phi) is 4.87. The van der Waals surface area contributed by atoms with Gasteiger partial charge in [-0.3, -0.25) is 4.99 Å². The van der Waals surface area contributed by atoms with Crippen molar-refractivity contribution in [1.82, 2.24) is 15.5 Å². The molecule has 4 nitrogen and oxygen atoms in total. The van der Waals surface area contributed by atoms with Gasteiger partial charge in [-0.2, -0.15) is 0 Å². The van der Waals surface area contributed by atoms with E-state index in [-0.39, 0.29) is 0 Å². The minimum absolute atomic E-state index is 0.589. The summed E-state index contributed by atoms with van der Waals surface area (Å²) in [6.45, 7) is 6.97. The van der Waals surface area contributed by atoms with Crippen LogP contribution in [0.5, 0.6) is 0 Å². The highest BCUT2D eigenvalue weighted by atomic mass is 15.2. The molecule has 0 amide bonds. The molecule has 0 bridgehead atoms. The SMILES string of the molecule is CN=C(NC1CCC1)NC1CCN(C(C)C)CC1.